The lowest BCUT2D eigenvalue weighted by molar-refractivity contribution is -0.141. The van der Waals surface area contributed by atoms with Crippen molar-refractivity contribution in [1.82, 2.24) is 10.2 Å². The van der Waals surface area contributed by atoms with Crippen LogP contribution in [-0.4, -0.2) is 50.0 Å². The summed E-state index contributed by atoms with van der Waals surface area (Å²) in [6.45, 7) is 3.61. The number of hydrogen-bond donors (Lipinski definition) is 1. The highest BCUT2D eigenvalue weighted by molar-refractivity contribution is 7.92. The molecule has 3 rings (SSSR count). The molecule has 7 nitrogen and oxygen atoms in total. The van der Waals surface area contributed by atoms with Crippen molar-refractivity contribution in [2.24, 2.45) is 0 Å². The predicted molar refractivity (Wildman–Crippen MR) is 144 cm³/mol. The average Bonchev–Trinajstić information content (AvgIpc) is 2.85. The van der Waals surface area contributed by atoms with E-state index in [4.69, 9.17) is 0 Å². The lowest BCUT2D eigenvalue weighted by Crippen LogP contribution is -2.50. The van der Waals surface area contributed by atoms with Gasteiger partial charge >= 0.3 is 0 Å². The third kappa shape index (κ3) is 8.28. The predicted octanol–water partition coefficient (Wildman–Crippen LogP) is 4.55. The molecule has 2 aromatic rings. The third-order valence-corrected chi connectivity index (χ3v) is 8.05. The molecule has 9 heteroatoms. The van der Waals surface area contributed by atoms with Gasteiger partial charge in [-0.05, 0) is 56.9 Å². The van der Waals surface area contributed by atoms with Crippen molar-refractivity contribution in [2.75, 3.05) is 17.1 Å². The molecule has 0 unspecified atom stereocenters. The number of rotatable bonds is 11. The molecule has 1 N–H and O–H groups in total. The number of nitrogens with one attached hydrogen (secondary N) is 1. The number of sulfonamides is 1. The molecule has 1 aliphatic carbocycles. The van der Waals surface area contributed by atoms with Gasteiger partial charge in [0.1, 0.15) is 11.9 Å². The zero-order valence-corrected chi connectivity index (χ0v) is 22.8. The van der Waals surface area contributed by atoms with Crippen LogP contribution >= 0.6 is 0 Å². The van der Waals surface area contributed by atoms with E-state index in [-0.39, 0.29) is 43.8 Å². The standard InChI is InChI=1S/C28H38FN3O4S/c1-21-11-9-15-25(19-21)32(37(3,35)36)18-10-17-27(33)31(20-23-12-7-8-16-26(23)29)22(2)28(34)30-24-13-5-4-6-14-24/h7-9,11-12,15-16,19,22,24H,4-6,10,13-14,17-18,20H2,1-3H3,(H,30,34)/t22-/m0/s1. The van der Waals surface area contributed by atoms with Crippen molar-refractivity contribution in [1.29, 1.82) is 0 Å². The molecule has 0 bridgehead atoms. The Balaban J connectivity index is 1.72. The SMILES string of the molecule is Cc1cccc(N(CCCC(=O)N(Cc2ccccc2F)[C@@H](C)C(=O)NC2CCCCC2)S(C)(=O)=O)c1. The summed E-state index contributed by atoms with van der Waals surface area (Å²) in [5.74, 6) is -1.02. The Morgan fingerprint density at radius 1 is 1.08 bits per heavy atom. The van der Waals surface area contributed by atoms with Crippen LogP contribution in [0.5, 0.6) is 0 Å². The summed E-state index contributed by atoms with van der Waals surface area (Å²) >= 11 is 0. The second-order valence-electron chi connectivity index (χ2n) is 9.91. The molecular formula is C28H38FN3O4S. The summed E-state index contributed by atoms with van der Waals surface area (Å²) in [5.41, 5.74) is 1.79. The molecule has 0 spiro atoms. The smallest absolute Gasteiger partial charge is 0.242 e. The van der Waals surface area contributed by atoms with Gasteiger partial charge in [-0.1, -0.05) is 49.6 Å². The van der Waals surface area contributed by atoms with Gasteiger partial charge in [0, 0.05) is 31.1 Å². The Kier molecular flexibility index (Phi) is 10.1. The van der Waals surface area contributed by atoms with Crippen LogP contribution in [0.3, 0.4) is 0 Å². The van der Waals surface area contributed by atoms with Gasteiger partial charge in [-0.3, -0.25) is 13.9 Å². The quantitative estimate of drug-likeness (QED) is 0.461. The van der Waals surface area contributed by atoms with Crippen LogP contribution in [0.15, 0.2) is 48.5 Å². The Morgan fingerprint density at radius 3 is 2.43 bits per heavy atom. The molecule has 0 saturated heterocycles. The van der Waals surface area contributed by atoms with E-state index in [1.54, 1.807) is 43.3 Å². The molecule has 0 aromatic heterocycles. The van der Waals surface area contributed by atoms with E-state index in [0.29, 0.717) is 11.3 Å². The maximum atomic E-state index is 14.4. The van der Waals surface area contributed by atoms with Crippen molar-refractivity contribution >= 4 is 27.5 Å². The average molecular weight is 532 g/mol. The number of halogens is 1. The molecule has 0 aliphatic heterocycles. The molecule has 1 aliphatic rings. The van der Waals surface area contributed by atoms with Crippen LogP contribution < -0.4 is 9.62 Å². The molecule has 2 aromatic carbocycles. The highest BCUT2D eigenvalue weighted by Crippen LogP contribution is 2.21. The number of nitrogens with zero attached hydrogens (tertiary/aromatic N) is 2. The van der Waals surface area contributed by atoms with E-state index in [9.17, 15) is 22.4 Å². The van der Waals surface area contributed by atoms with Gasteiger partial charge in [0.05, 0.1) is 11.9 Å². The maximum absolute atomic E-state index is 14.4. The highest BCUT2D eigenvalue weighted by atomic mass is 32.2. The van der Waals surface area contributed by atoms with Gasteiger partial charge in [0.25, 0.3) is 0 Å². The molecule has 2 amide bonds. The van der Waals surface area contributed by atoms with Crippen molar-refractivity contribution < 1.29 is 22.4 Å². The Hall–Kier alpha value is -2.94. The Labute approximate surface area is 220 Å². The molecular weight excluding hydrogens is 493 g/mol. The fraction of sp³-hybridized carbons (Fsp3) is 0.500. The Bertz CT molecular complexity index is 1180. The minimum absolute atomic E-state index is 0.0212. The summed E-state index contributed by atoms with van der Waals surface area (Å²) in [6, 6.07) is 12.7. The highest BCUT2D eigenvalue weighted by Gasteiger charge is 2.29. The van der Waals surface area contributed by atoms with Crippen LogP contribution in [0, 0.1) is 12.7 Å². The minimum atomic E-state index is -3.56. The van der Waals surface area contributed by atoms with Crippen LogP contribution in [0.4, 0.5) is 10.1 Å². The van der Waals surface area contributed by atoms with E-state index >= 15 is 0 Å². The van der Waals surface area contributed by atoms with E-state index in [1.165, 1.54) is 15.3 Å². The van der Waals surface area contributed by atoms with Crippen molar-refractivity contribution in [3.05, 3.63) is 65.5 Å². The second-order valence-corrected chi connectivity index (χ2v) is 11.8. The normalized spacial score (nSPS) is 15.1. The van der Waals surface area contributed by atoms with Gasteiger partial charge in [-0.25, -0.2) is 12.8 Å². The monoisotopic (exact) mass is 531 g/mol. The lowest BCUT2D eigenvalue weighted by Gasteiger charge is -2.31. The fourth-order valence-electron chi connectivity index (χ4n) is 4.75. The first-order valence-corrected chi connectivity index (χ1v) is 14.8. The first-order chi connectivity index (χ1) is 17.6. The number of aryl methyl sites for hydroxylation is 1. The van der Waals surface area contributed by atoms with Gasteiger partial charge in [-0.15, -0.1) is 0 Å². The van der Waals surface area contributed by atoms with Gasteiger partial charge in [0.2, 0.25) is 21.8 Å². The Morgan fingerprint density at radius 2 is 1.78 bits per heavy atom. The summed E-state index contributed by atoms with van der Waals surface area (Å²) in [7, 11) is -3.56. The molecule has 0 heterocycles. The van der Waals surface area contributed by atoms with E-state index in [2.05, 4.69) is 5.32 Å². The molecule has 202 valence electrons. The first kappa shape index (κ1) is 28.6. The van der Waals surface area contributed by atoms with Gasteiger partial charge in [-0.2, -0.15) is 0 Å². The van der Waals surface area contributed by atoms with Gasteiger partial charge < -0.3 is 10.2 Å². The molecule has 37 heavy (non-hydrogen) atoms. The van der Waals surface area contributed by atoms with Crippen LogP contribution in [0.2, 0.25) is 0 Å². The van der Waals surface area contributed by atoms with Gasteiger partial charge in [0.15, 0.2) is 0 Å². The van der Waals surface area contributed by atoms with E-state index in [1.807, 2.05) is 13.0 Å². The summed E-state index contributed by atoms with van der Waals surface area (Å²) in [5, 5.41) is 3.06. The zero-order chi connectivity index (χ0) is 27.0. The maximum Gasteiger partial charge on any atom is 0.242 e. The fourth-order valence-corrected chi connectivity index (χ4v) is 5.71. The third-order valence-electron chi connectivity index (χ3n) is 6.86. The van der Waals surface area contributed by atoms with Crippen molar-refractivity contribution in [2.45, 2.75) is 77.4 Å². The van der Waals surface area contributed by atoms with Crippen LogP contribution in [0.1, 0.15) is 63.0 Å². The summed E-state index contributed by atoms with van der Waals surface area (Å²) < 4.78 is 40.6. The van der Waals surface area contributed by atoms with Crippen molar-refractivity contribution in [3.63, 3.8) is 0 Å². The number of benzene rings is 2. The molecule has 1 atom stereocenters. The lowest BCUT2D eigenvalue weighted by atomic mass is 9.95. The van der Waals surface area contributed by atoms with E-state index < -0.39 is 21.9 Å². The number of carbonyl (C=O) groups excluding carboxylic acids is 2. The van der Waals surface area contributed by atoms with Crippen LogP contribution in [-0.2, 0) is 26.2 Å². The molecule has 1 fully saturated rings. The zero-order valence-electron chi connectivity index (χ0n) is 22.0. The first-order valence-electron chi connectivity index (χ1n) is 12.9. The minimum Gasteiger partial charge on any atom is -0.352 e. The number of carbonyl (C=O) groups is 2. The van der Waals surface area contributed by atoms with Crippen LogP contribution in [0.25, 0.3) is 0 Å². The van der Waals surface area contributed by atoms with Crippen molar-refractivity contribution in [3.8, 4) is 0 Å². The molecule has 1 saturated carbocycles. The second kappa shape index (κ2) is 13.0. The summed E-state index contributed by atoms with van der Waals surface area (Å²) in [6.07, 6.45) is 6.54. The largest absolute Gasteiger partial charge is 0.352 e. The number of amides is 2. The molecule has 0 radical (unpaired) electrons. The number of hydrogen-bond acceptors (Lipinski definition) is 4. The number of anilines is 1. The van der Waals surface area contributed by atoms with E-state index in [0.717, 1.165) is 43.9 Å². The summed E-state index contributed by atoms with van der Waals surface area (Å²) in [4.78, 5) is 27.8. The topological polar surface area (TPSA) is 86.8 Å².